The first-order chi connectivity index (χ1) is 14.2. The van der Waals surface area contributed by atoms with Crippen molar-refractivity contribution in [2.45, 2.75) is 11.4 Å². The lowest BCUT2D eigenvalue weighted by atomic mass is 10.2. The van der Waals surface area contributed by atoms with Crippen LogP contribution < -0.4 is 5.32 Å². The summed E-state index contributed by atoms with van der Waals surface area (Å²) in [6.45, 7) is 4.62. The van der Waals surface area contributed by atoms with Crippen LogP contribution in [-0.4, -0.2) is 75.2 Å². The Kier molecular flexibility index (Phi) is 7.49. The van der Waals surface area contributed by atoms with Crippen molar-refractivity contribution in [1.82, 2.24) is 14.1 Å². The number of carbonyl (C=O) groups excluding carboxylic acids is 1. The number of amides is 1. The van der Waals surface area contributed by atoms with Crippen LogP contribution in [0.25, 0.3) is 0 Å². The summed E-state index contributed by atoms with van der Waals surface area (Å²) >= 11 is 5.93. The first-order valence-corrected chi connectivity index (χ1v) is 11.6. The second-order valence-corrected chi connectivity index (χ2v) is 10.1. The van der Waals surface area contributed by atoms with E-state index in [0.29, 0.717) is 12.2 Å². The zero-order valence-electron chi connectivity index (χ0n) is 17.2. The van der Waals surface area contributed by atoms with E-state index in [2.05, 4.69) is 15.1 Å². The normalized spacial score (nSPS) is 16.0. The largest absolute Gasteiger partial charge is 0.325 e. The predicted octanol–water partition coefficient (Wildman–Crippen LogP) is 2.35. The van der Waals surface area contributed by atoms with E-state index < -0.39 is 10.0 Å². The van der Waals surface area contributed by atoms with Gasteiger partial charge >= 0.3 is 0 Å². The molecule has 0 bridgehead atoms. The predicted molar refractivity (Wildman–Crippen MR) is 119 cm³/mol. The smallest absolute Gasteiger partial charge is 0.242 e. The van der Waals surface area contributed by atoms with Crippen LogP contribution >= 0.6 is 11.6 Å². The lowest BCUT2D eigenvalue weighted by Crippen LogP contribution is -2.48. The molecule has 1 aliphatic heterocycles. The van der Waals surface area contributed by atoms with Crippen LogP contribution in [0.5, 0.6) is 0 Å². The van der Waals surface area contributed by atoms with Crippen LogP contribution in [0.1, 0.15) is 5.56 Å². The van der Waals surface area contributed by atoms with Gasteiger partial charge in [-0.15, -0.1) is 0 Å². The van der Waals surface area contributed by atoms with E-state index in [0.717, 1.165) is 42.1 Å². The van der Waals surface area contributed by atoms with E-state index in [-0.39, 0.29) is 10.8 Å². The van der Waals surface area contributed by atoms with Gasteiger partial charge in [-0.2, -0.15) is 0 Å². The average Bonchev–Trinajstić information content (AvgIpc) is 2.71. The highest BCUT2D eigenvalue weighted by atomic mass is 35.5. The topological polar surface area (TPSA) is 73.0 Å². The second kappa shape index (κ2) is 9.89. The number of benzene rings is 2. The zero-order valence-corrected chi connectivity index (χ0v) is 18.8. The molecule has 1 fully saturated rings. The van der Waals surface area contributed by atoms with Crippen molar-refractivity contribution in [3.8, 4) is 0 Å². The quantitative estimate of drug-likeness (QED) is 0.701. The monoisotopic (exact) mass is 450 g/mol. The van der Waals surface area contributed by atoms with Gasteiger partial charge in [0.1, 0.15) is 0 Å². The van der Waals surface area contributed by atoms with E-state index in [1.54, 1.807) is 12.1 Å². The maximum atomic E-state index is 12.4. The number of sulfonamides is 1. The van der Waals surface area contributed by atoms with Crippen molar-refractivity contribution in [2.24, 2.45) is 0 Å². The molecule has 2 aromatic carbocycles. The van der Waals surface area contributed by atoms with Crippen LogP contribution in [0.15, 0.2) is 53.4 Å². The zero-order chi connectivity index (χ0) is 21.7. The first kappa shape index (κ1) is 22.7. The van der Waals surface area contributed by atoms with Crippen LogP contribution in [-0.2, 0) is 21.4 Å². The van der Waals surface area contributed by atoms with Crippen molar-refractivity contribution in [3.63, 3.8) is 0 Å². The maximum Gasteiger partial charge on any atom is 0.242 e. The highest BCUT2D eigenvalue weighted by Gasteiger charge is 2.20. The average molecular weight is 451 g/mol. The number of rotatable bonds is 7. The number of hydrogen-bond donors (Lipinski definition) is 1. The first-order valence-electron chi connectivity index (χ1n) is 9.75. The molecule has 7 nitrogen and oxygen atoms in total. The van der Waals surface area contributed by atoms with Gasteiger partial charge in [0.2, 0.25) is 15.9 Å². The Bertz CT molecular complexity index is 955. The highest BCUT2D eigenvalue weighted by molar-refractivity contribution is 7.89. The lowest BCUT2D eigenvalue weighted by Gasteiger charge is -2.34. The van der Waals surface area contributed by atoms with Gasteiger partial charge in [0, 0.05) is 57.5 Å². The molecule has 162 valence electrons. The van der Waals surface area contributed by atoms with Gasteiger partial charge in [-0.3, -0.25) is 14.6 Å². The van der Waals surface area contributed by atoms with Crippen LogP contribution in [0.2, 0.25) is 5.02 Å². The third kappa shape index (κ3) is 6.02. The Morgan fingerprint density at radius 2 is 1.53 bits per heavy atom. The molecule has 0 spiro atoms. The summed E-state index contributed by atoms with van der Waals surface area (Å²) < 4.78 is 25.4. The van der Waals surface area contributed by atoms with Crippen molar-refractivity contribution in [2.75, 3.05) is 52.1 Å². The molecule has 1 N–H and O–H groups in total. The molecule has 0 aliphatic carbocycles. The number of carbonyl (C=O) groups is 1. The van der Waals surface area contributed by atoms with Crippen molar-refractivity contribution >= 4 is 33.2 Å². The molecule has 1 saturated heterocycles. The summed E-state index contributed by atoms with van der Waals surface area (Å²) in [6, 6.07) is 14.1. The molecule has 2 aromatic rings. The molecule has 9 heteroatoms. The van der Waals surface area contributed by atoms with E-state index in [4.69, 9.17) is 11.6 Å². The molecular formula is C21H27ClN4O3S. The molecule has 30 heavy (non-hydrogen) atoms. The van der Waals surface area contributed by atoms with E-state index >= 15 is 0 Å². The van der Waals surface area contributed by atoms with Gasteiger partial charge in [-0.05, 0) is 42.0 Å². The fourth-order valence-corrected chi connectivity index (χ4v) is 4.31. The van der Waals surface area contributed by atoms with E-state index in [1.807, 2.05) is 24.3 Å². The van der Waals surface area contributed by atoms with E-state index in [1.165, 1.54) is 31.8 Å². The van der Waals surface area contributed by atoms with Gasteiger partial charge in [-0.25, -0.2) is 12.7 Å². The van der Waals surface area contributed by atoms with Crippen molar-refractivity contribution < 1.29 is 13.2 Å². The molecule has 1 heterocycles. The van der Waals surface area contributed by atoms with Crippen LogP contribution in [0, 0.1) is 0 Å². The number of nitrogens with zero attached hydrogens (tertiary/aromatic N) is 3. The summed E-state index contributed by atoms with van der Waals surface area (Å²) in [6.07, 6.45) is 0. The number of hydrogen-bond acceptors (Lipinski definition) is 5. The third-order valence-electron chi connectivity index (χ3n) is 5.07. The minimum Gasteiger partial charge on any atom is -0.325 e. The van der Waals surface area contributed by atoms with Crippen molar-refractivity contribution in [3.05, 3.63) is 59.1 Å². The summed E-state index contributed by atoms with van der Waals surface area (Å²) in [4.78, 5) is 17.1. The van der Waals surface area contributed by atoms with Gasteiger partial charge in [0.25, 0.3) is 0 Å². The SMILES string of the molecule is CN(C)S(=O)(=O)c1ccc(NC(=O)CN2CCN(Cc3ccc(Cl)cc3)CC2)cc1. The van der Waals surface area contributed by atoms with Gasteiger partial charge < -0.3 is 5.32 Å². The fraction of sp³-hybridized carbons (Fsp3) is 0.381. The molecule has 0 atom stereocenters. The summed E-state index contributed by atoms with van der Waals surface area (Å²) in [5.74, 6) is -0.107. The lowest BCUT2D eigenvalue weighted by molar-refractivity contribution is -0.117. The van der Waals surface area contributed by atoms with Crippen LogP contribution in [0.4, 0.5) is 5.69 Å². The molecule has 0 saturated carbocycles. The number of nitrogens with one attached hydrogen (secondary N) is 1. The molecule has 3 rings (SSSR count). The van der Waals surface area contributed by atoms with Gasteiger partial charge in [-0.1, -0.05) is 23.7 Å². The number of anilines is 1. The van der Waals surface area contributed by atoms with Crippen LogP contribution in [0.3, 0.4) is 0 Å². The Hall–Kier alpha value is -1.97. The molecular weight excluding hydrogens is 424 g/mol. The maximum absolute atomic E-state index is 12.4. The minimum absolute atomic E-state index is 0.107. The molecule has 0 aromatic heterocycles. The Morgan fingerprint density at radius 3 is 2.10 bits per heavy atom. The third-order valence-corrected chi connectivity index (χ3v) is 7.15. The highest BCUT2D eigenvalue weighted by Crippen LogP contribution is 2.17. The summed E-state index contributed by atoms with van der Waals surface area (Å²) in [5, 5.41) is 3.58. The fourth-order valence-electron chi connectivity index (χ4n) is 3.28. The molecule has 1 aliphatic rings. The molecule has 0 radical (unpaired) electrons. The number of piperazine rings is 1. The second-order valence-electron chi connectivity index (χ2n) is 7.54. The van der Waals surface area contributed by atoms with Gasteiger partial charge in [0.15, 0.2) is 0 Å². The minimum atomic E-state index is -3.47. The van der Waals surface area contributed by atoms with Crippen molar-refractivity contribution in [1.29, 1.82) is 0 Å². The number of halogens is 1. The molecule has 0 unspecified atom stereocenters. The van der Waals surface area contributed by atoms with Gasteiger partial charge in [0.05, 0.1) is 11.4 Å². The Labute approximate surface area is 183 Å². The standard InChI is InChI=1S/C21H27ClN4O3S/c1-24(2)30(28,29)20-9-7-19(8-10-20)23-21(27)16-26-13-11-25(12-14-26)15-17-3-5-18(22)6-4-17/h3-10H,11-16H2,1-2H3,(H,23,27). The summed E-state index contributed by atoms with van der Waals surface area (Å²) in [7, 11) is -0.501. The Balaban J connectivity index is 1.45. The molecule has 1 amide bonds. The Morgan fingerprint density at radius 1 is 0.967 bits per heavy atom. The van der Waals surface area contributed by atoms with E-state index in [9.17, 15) is 13.2 Å². The summed E-state index contributed by atoms with van der Waals surface area (Å²) in [5.41, 5.74) is 1.81.